The molecule has 2 bridgehead atoms. The van der Waals surface area contributed by atoms with Crippen molar-refractivity contribution in [2.24, 2.45) is 0 Å². The second kappa shape index (κ2) is 4.62. The van der Waals surface area contributed by atoms with Gasteiger partial charge in [0.15, 0.2) is 0 Å². The van der Waals surface area contributed by atoms with E-state index in [0.29, 0.717) is 5.69 Å². The summed E-state index contributed by atoms with van der Waals surface area (Å²) >= 11 is 0. The van der Waals surface area contributed by atoms with Crippen LogP contribution in [0.3, 0.4) is 0 Å². The molecule has 1 fully saturated rings. The van der Waals surface area contributed by atoms with Gasteiger partial charge < -0.3 is 4.90 Å². The van der Waals surface area contributed by atoms with Crippen LogP contribution in [0.15, 0.2) is 30.6 Å². The molecule has 2 atom stereocenters. The normalized spacial score (nSPS) is 23.0. The molecule has 0 spiro atoms. The predicted molar refractivity (Wildman–Crippen MR) is 76.6 cm³/mol. The van der Waals surface area contributed by atoms with Gasteiger partial charge >= 0.3 is 0 Å². The van der Waals surface area contributed by atoms with Gasteiger partial charge in [0.25, 0.3) is 5.91 Å². The zero-order chi connectivity index (χ0) is 14.4. The quantitative estimate of drug-likeness (QED) is 0.802. The summed E-state index contributed by atoms with van der Waals surface area (Å²) in [6.45, 7) is 1.91. The lowest BCUT2D eigenvalue weighted by Crippen LogP contribution is -2.42. The van der Waals surface area contributed by atoms with E-state index in [0.717, 1.165) is 36.3 Å². The number of carbonyl (C=O) groups is 1. The van der Waals surface area contributed by atoms with Gasteiger partial charge in [-0.15, -0.1) is 0 Å². The fraction of sp³-hybridized carbons (Fsp3) is 0.375. The molecule has 2 aliphatic heterocycles. The second-order valence-corrected chi connectivity index (χ2v) is 5.70. The zero-order valence-corrected chi connectivity index (χ0v) is 11.9. The number of hydrogen-bond donors (Lipinski definition) is 0. The fourth-order valence-electron chi connectivity index (χ4n) is 3.51. The number of aromatic nitrogens is 3. The van der Waals surface area contributed by atoms with E-state index in [2.05, 4.69) is 15.0 Å². The molecule has 4 heterocycles. The van der Waals surface area contributed by atoms with E-state index in [9.17, 15) is 4.79 Å². The van der Waals surface area contributed by atoms with Crippen LogP contribution in [0.25, 0.3) is 0 Å². The summed E-state index contributed by atoms with van der Waals surface area (Å²) in [5.41, 5.74) is 2.74. The molecule has 0 unspecified atom stereocenters. The van der Waals surface area contributed by atoms with Crippen molar-refractivity contribution >= 4 is 5.91 Å². The van der Waals surface area contributed by atoms with Crippen LogP contribution in [-0.4, -0.2) is 31.8 Å². The molecule has 2 aromatic rings. The Morgan fingerprint density at radius 3 is 3.00 bits per heavy atom. The van der Waals surface area contributed by atoms with Crippen molar-refractivity contribution in [2.45, 2.75) is 38.3 Å². The van der Waals surface area contributed by atoms with Crippen LogP contribution in [0.4, 0.5) is 0 Å². The first-order valence-electron chi connectivity index (χ1n) is 7.30. The van der Waals surface area contributed by atoms with Gasteiger partial charge in [-0.2, -0.15) is 0 Å². The third-order valence-corrected chi connectivity index (χ3v) is 4.43. The first-order chi connectivity index (χ1) is 10.2. The second-order valence-electron chi connectivity index (χ2n) is 5.70. The summed E-state index contributed by atoms with van der Waals surface area (Å²) in [6, 6.07) is 5.81. The van der Waals surface area contributed by atoms with Crippen LogP contribution in [0.5, 0.6) is 0 Å². The standard InChI is InChI=1S/C16H16N4O/c1-10-18-9-12-14(19-10)8-11-5-6-15(12)20(11)16(21)13-4-2-3-7-17-13/h2-4,7,9,11,15H,5-6,8H2,1H3/t11-,15+/m0/s1. The van der Waals surface area contributed by atoms with Gasteiger partial charge in [-0.25, -0.2) is 9.97 Å². The first kappa shape index (κ1) is 12.4. The Morgan fingerprint density at radius 2 is 2.19 bits per heavy atom. The van der Waals surface area contributed by atoms with Gasteiger partial charge in [-0.1, -0.05) is 6.07 Å². The van der Waals surface area contributed by atoms with Gasteiger partial charge in [0.2, 0.25) is 0 Å². The summed E-state index contributed by atoms with van der Waals surface area (Å²) in [6.07, 6.45) is 6.40. The lowest BCUT2D eigenvalue weighted by atomic mass is 9.98. The Morgan fingerprint density at radius 1 is 1.29 bits per heavy atom. The summed E-state index contributed by atoms with van der Waals surface area (Å²) in [7, 11) is 0. The number of aryl methyl sites for hydroxylation is 1. The topological polar surface area (TPSA) is 59.0 Å². The van der Waals surface area contributed by atoms with E-state index in [1.54, 1.807) is 12.3 Å². The maximum atomic E-state index is 12.8. The highest BCUT2D eigenvalue weighted by atomic mass is 16.2. The highest BCUT2D eigenvalue weighted by molar-refractivity contribution is 5.93. The van der Waals surface area contributed by atoms with Crippen molar-refractivity contribution < 1.29 is 4.79 Å². The van der Waals surface area contributed by atoms with E-state index in [1.807, 2.05) is 30.2 Å². The fourth-order valence-corrected chi connectivity index (χ4v) is 3.51. The van der Waals surface area contributed by atoms with E-state index in [4.69, 9.17) is 0 Å². The average Bonchev–Trinajstić information content (AvgIpc) is 2.82. The van der Waals surface area contributed by atoms with Crippen LogP contribution < -0.4 is 0 Å². The zero-order valence-electron chi connectivity index (χ0n) is 11.9. The van der Waals surface area contributed by atoms with E-state index in [1.165, 1.54) is 0 Å². The Bertz CT molecular complexity index is 701. The predicted octanol–water partition coefficient (Wildman–Crippen LogP) is 2.08. The summed E-state index contributed by atoms with van der Waals surface area (Å²) in [4.78, 5) is 27.8. The molecule has 2 aliphatic rings. The lowest BCUT2D eigenvalue weighted by molar-refractivity contribution is 0.0637. The third kappa shape index (κ3) is 1.92. The number of amides is 1. The Balaban J connectivity index is 1.73. The molecular weight excluding hydrogens is 264 g/mol. The van der Waals surface area contributed by atoms with Gasteiger partial charge in [0.05, 0.1) is 11.7 Å². The van der Waals surface area contributed by atoms with Gasteiger partial charge in [-0.05, 0) is 31.9 Å². The van der Waals surface area contributed by atoms with Crippen LogP contribution in [0.2, 0.25) is 0 Å². The monoisotopic (exact) mass is 280 g/mol. The Hall–Kier alpha value is -2.30. The van der Waals surface area contributed by atoms with E-state index >= 15 is 0 Å². The molecule has 0 radical (unpaired) electrons. The van der Waals surface area contributed by atoms with Gasteiger partial charge in [-0.3, -0.25) is 9.78 Å². The molecule has 21 heavy (non-hydrogen) atoms. The largest absolute Gasteiger partial charge is 0.327 e. The molecule has 2 aromatic heterocycles. The minimum atomic E-state index is 0.0225. The minimum absolute atomic E-state index is 0.0225. The van der Waals surface area contributed by atoms with Crippen LogP contribution >= 0.6 is 0 Å². The van der Waals surface area contributed by atoms with Crippen molar-refractivity contribution in [3.05, 3.63) is 53.4 Å². The molecule has 0 aromatic carbocycles. The SMILES string of the molecule is Cc1ncc2c(n1)C[C@@H]1CC[C@H]2N1C(=O)c1ccccn1. The molecule has 0 N–H and O–H groups in total. The molecule has 1 saturated heterocycles. The lowest BCUT2D eigenvalue weighted by Gasteiger charge is -2.35. The molecule has 0 aliphatic carbocycles. The van der Waals surface area contributed by atoms with E-state index in [-0.39, 0.29) is 18.0 Å². The number of hydrogen-bond acceptors (Lipinski definition) is 4. The van der Waals surface area contributed by atoms with Gasteiger partial charge in [0.1, 0.15) is 11.5 Å². The molecular formula is C16H16N4O. The minimum Gasteiger partial charge on any atom is -0.327 e. The Labute approximate surface area is 123 Å². The number of pyridine rings is 1. The molecule has 0 saturated carbocycles. The molecule has 5 nitrogen and oxygen atoms in total. The number of carbonyl (C=O) groups excluding carboxylic acids is 1. The maximum absolute atomic E-state index is 12.8. The highest BCUT2D eigenvalue weighted by Crippen LogP contribution is 2.43. The van der Waals surface area contributed by atoms with Crippen molar-refractivity contribution in [1.29, 1.82) is 0 Å². The van der Waals surface area contributed by atoms with Crippen LogP contribution in [-0.2, 0) is 6.42 Å². The summed E-state index contributed by atoms with van der Waals surface area (Å²) in [5, 5.41) is 0. The van der Waals surface area contributed by atoms with Crippen molar-refractivity contribution in [2.75, 3.05) is 0 Å². The average molecular weight is 280 g/mol. The van der Waals surface area contributed by atoms with E-state index < -0.39 is 0 Å². The highest BCUT2D eigenvalue weighted by Gasteiger charge is 2.43. The summed E-state index contributed by atoms with van der Waals surface area (Å²) < 4.78 is 0. The van der Waals surface area contributed by atoms with Crippen molar-refractivity contribution in [1.82, 2.24) is 19.9 Å². The smallest absolute Gasteiger partial charge is 0.273 e. The first-order valence-corrected chi connectivity index (χ1v) is 7.30. The van der Waals surface area contributed by atoms with Gasteiger partial charge in [0, 0.05) is 30.4 Å². The number of fused-ring (bicyclic) bond motifs is 4. The maximum Gasteiger partial charge on any atom is 0.273 e. The van der Waals surface area contributed by atoms with Crippen LogP contribution in [0.1, 0.15) is 46.5 Å². The molecule has 1 amide bonds. The summed E-state index contributed by atoms with van der Waals surface area (Å²) in [5.74, 6) is 0.826. The molecule has 106 valence electrons. The van der Waals surface area contributed by atoms with Crippen molar-refractivity contribution in [3.63, 3.8) is 0 Å². The molecule has 4 rings (SSSR count). The Kier molecular flexibility index (Phi) is 2.74. The third-order valence-electron chi connectivity index (χ3n) is 4.43. The number of nitrogens with zero attached hydrogens (tertiary/aromatic N) is 4. The van der Waals surface area contributed by atoms with Crippen molar-refractivity contribution in [3.8, 4) is 0 Å². The number of rotatable bonds is 1. The van der Waals surface area contributed by atoms with Crippen LogP contribution in [0, 0.1) is 6.92 Å². The molecule has 5 heteroatoms.